The molecular formula is C13H13Cl2N3O2. The van der Waals surface area contributed by atoms with Crippen LogP contribution in [0.3, 0.4) is 0 Å². The number of nitrogens with zero attached hydrogens (tertiary/aromatic N) is 1. The van der Waals surface area contributed by atoms with Crippen LogP contribution in [0.2, 0.25) is 10.2 Å². The van der Waals surface area contributed by atoms with Gasteiger partial charge in [0.25, 0.3) is 0 Å². The molecule has 106 valence electrons. The number of benzene rings is 1. The van der Waals surface area contributed by atoms with Crippen LogP contribution in [-0.2, 0) is 0 Å². The van der Waals surface area contributed by atoms with Crippen LogP contribution in [-0.4, -0.2) is 19.2 Å². The summed E-state index contributed by atoms with van der Waals surface area (Å²) in [7, 11) is 3.08. The van der Waals surface area contributed by atoms with Crippen molar-refractivity contribution in [3.8, 4) is 11.5 Å². The summed E-state index contributed by atoms with van der Waals surface area (Å²) in [5.74, 6) is 1.58. The summed E-state index contributed by atoms with van der Waals surface area (Å²) in [6, 6.07) is 6.57. The van der Waals surface area contributed by atoms with Gasteiger partial charge in [-0.25, -0.2) is 4.98 Å². The van der Waals surface area contributed by atoms with Crippen molar-refractivity contribution in [1.29, 1.82) is 0 Å². The molecule has 2 rings (SSSR count). The Hall–Kier alpha value is -1.85. The van der Waals surface area contributed by atoms with Crippen LogP contribution in [0.1, 0.15) is 0 Å². The van der Waals surface area contributed by atoms with Gasteiger partial charge in [-0.3, -0.25) is 0 Å². The average Bonchev–Trinajstić information content (AvgIpc) is 2.38. The Balaban J connectivity index is 2.39. The van der Waals surface area contributed by atoms with Crippen LogP contribution in [0, 0.1) is 0 Å². The van der Waals surface area contributed by atoms with Crippen LogP contribution in [0.4, 0.5) is 17.2 Å². The van der Waals surface area contributed by atoms with E-state index in [4.69, 9.17) is 38.4 Å². The molecule has 0 fully saturated rings. The summed E-state index contributed by atoms with van der Waals surface area (Å²) in [4.78, 5) is 4.12. The number of methoxy groups -OCH3 is 2. The highest BCUT2D eigenvalue weighted by atomic mass is 35.5. The van der Waals surface area contributed by atoms with Gasteiger partial charge in [0.15, 0.2) is 0 Å². The minimum absolute atomic E-state index is 0.297. The van der Waals surface area contributed by atoms with Gasteiger partial charge >= 0.3 is 0 Å². The predicted molar refractivity (Wildman–Crippen MR) is 81.5 cm³/mol. The van der Waals surface area contributed by atoms with Gasteiger partial charge < -0.3 is 20.5 Å². The standard InChI is InChI=1S/C13H13Cl2N3O2/c1-19-10-6-11(20-2)9(5-8(10)14)17-13-4-7(16)3-12(15)18-13/h3-6H,1-2H3,(H3,16,17,18). The lowest BCUT2D eigenvalue weighted by atomic mass is 10.2. The molecular weight excluding hydrogens is 301 g/mol. The number of ether oxygens (including phenoxy) is 2. The zero-order valence-electron chi connectivity index (χ0n) is 10.9. The van der Waals surface area contributed by atoms with Crippen LogP contribution in [0.25, 0.3) is 0 Å². The lowest BCUT2D eigenvalue weighted by molar-refractivity contribution is 0.396. The molecule has 0 aliphatic carbocycles. The molecule has 1 aromatic heterocycles. The Morgan fingerprint density at radius 1 is 1.05 bits per heavy atom. The summed E-state index contributed by atoms with van der Waals surface area (Å²) in [6.45, 7) is 0. The third-order valence-electron chi connectivity index (χ3n) is 2.55. The Kier molecular flexibility index (Phi) is 4.42. The summed E-state index contributed by atoms with van der Waals surface area (Å²) in [5, 5.41) is 3.80. The largest absolute Gasteiger partial charge is 0.495 e. The van der Waals surface area contributed by atoms with E-state index >= 15 is 0 Å². The highest BCUT2D eigenvalue weighted by Gasteiger charge is 2.11. The first-order valence-corrected chi connectivity index (χ1v) is 6.40. The van der Waals surface area contributed by atoms with E-state index in [0.717, 1.165) is 0 Å². The van der Waals surface area contributed by atoms with E-state index in [2.05, 4.69) is 10.3 Å². The second-order valence-corrected chi connectivity index (χ2v) is 4.71. The number of rotatable bonds is 4. The Morgan fingerprint density at radius 3 is 2.35 bits per heavy atom. The molecule has 0 atom stereocenters. The van der Waals surface area contributed by atoms with E-state index in [-0.39, 0.29) is 0 Å². The topological polar surface area (TPSA) is 69.4 Å². The highest BCUT2D eigenvalue weighted by Crippen LogP contribution is 2.37. The van der Waals surface area contributed by atoms with Crippen molar-refractivity contribution in [3.05, 3.63) is 34.4 Å². The SMILES string of the molecule is COc1cc(OC)c(Nc2cc(N)cc(Cl)n2)cc1Cl. The molecule has 0 radical (unpaired) electrons. The molecule has 1 heterocycles. The lowest BCUT2D eigenvalue weighted by Gasteiger charge is -2.13. The number of hydrogen-bond donors (Lipinski definition) is 2. The third-order valence-corrected chi connectivity index (χ3v) is 3.04. The first kappa shape index (κ1) is 14.6. The number of pyridine rings is 1. The Bertz CT molecular complexity index is 615. The smallest absolute Gasteiger partial charge is 0.146 e. The number of hydrogen-bond acceptors (Lipinski definition) is 5. The monoisotopic (exact) mass is 313 g/mol. The van der Waals surface area contributed by atoms with Crippen molar-refractivity contribution in [2.45, 2.75) is 0 Å². The number of aromatic nitrogens is 1. The normalized spacial score (nSPS) is 10.2. The van der Waals surface area contributed by atoms with Crippen molar-refractivity contribution in [2.24, 2.45) is 0 Å². The maximum absolute atomic E-state index is 6.10. The van der Waals surface area contributed by atoms with Crippen LogP contribution < -0.4 is 20.5 Å². The molecule has 0 aliphatic rings. The Morgan fingerprint density at radius 2 is 1.75 bits per heavy atom. The summed E-state index contributed by atoms with van der Waals surface area (Å²) < 4.78 is 10.4. The van der Waals surface area contributed by atoms with Crippen molar-refractivity contribution in [2.75, 3.05) is 25.3 Å². The molecule has 2 aromatic rings. The average molecular weight is 314 g/mol. The van der Waals surface area contributed by atoms with E-state index in [1.54, 1.807) is 31.4 Å². The summed E-state index contributed by atoms with van der Waals surface area (Å²) in [5.41, 5.74) is 6.85. The maximum atomic E-state index is 6.10. The molecule has 0 saturated heterocycles. The molecule has 0 amide bonds. The van der Waals surface area contributed by atoms with Crippen LogP contribution in [0.5, 0.6) is 11.5 Å². The molecule has 7 heteroatoms. The summed E-state index contributed by atoms with van der Waals surface area (Å²) >= 11 is 12.0. The first-order chi connectivity index (χ1) is 9.53. The van der Waals surface area contributed by atoms with E-state index in [9.17, 15) is 0 Å². The molecule has 0 spiro atoms. The fourth-order valence-electron chi connectivity index (χ4n) is 1.68. The van der Waals surface area contributed by atoms with Crippen LogP contribution >= 0.6 is 23.2 Å². The first-order valence-electron chi connectivity index (χ1n) is 5.65. The third kappa shape index (κ3) is 3.18. The van der Waals surface area contributed by atoms with Crippen molar-refractivity contribution in [1.82, 2.24) is 4.98 Å². The second-order valence-electron chi connectivity index (χ2n) is 3.92. The number of nitrogen functional groups attached to an aromatic ring is 1. The number of anilines is 3. The highest BCUT2D eigenvalue weighted by molar-refractivity contribution is 6.32. The molecule has 0 aliphatic heterocycles. The Labute approximate surface area is 126 Å². The van der Waals surface area contributed by atoms with Gasteiger partial charge in [-0.05, 0) is 12.1 Å². The van der Waals surface area contributed by atoms with Gasteiger partial charge in [-0.2, -0.15) is 0 Å². The molecule has 1 aromatic carbocycles. The minimum atomic E-state index is 0.297. The molecule has 0 bridgehead atoms. The van der Waals surface area contributed by atoms with Gasteiger partial charge in [0.1, 0.15) is 22.5 Å². The molecule has 20 heavy (non-hydrogen) atoms. The van der Waals surface area contributed by atoms with Crippen molar-refractivity contribution >= 4 is 40.4 Å². The van der Waals surface area contributed by atoms with Gasteiger partial charge in [-0.15, -0.1) is 0 Å². The predicted octanol–water partition coefficient (Wildman–Crippen LogP) is 3.73. The second kappa shape index (κ2) is 6.07. The molecule has 0 unspecified atom stereocenters. The minimum Gasteiger partial charge on any atom is -0.495 e. The molecule has 3 N–H and O–H groups in total. The quantitative estimate of drug-likeness (QED) is 0.842. The zero-order valence-corrected chi connectivity index (χ0v) is 12.4. The van der Waals surface area contributed by atoms with E-state index in [1.807, 2.05) is 0 Å². The van der Waals surface area contributed by atoms with E-state index in [1.165, 1.54) is 7.11 Å². The maximum Gasteiger partial charge on any atom is 0.146 e. The molecule has 0 saturated carbocycles. The number of halogens is 2. The van der Waals surface area contributed by atoms with Gasteiger partial charge in [0, 0.05) is 17.8 Å². The van der Waals surface area contributed by atoms with E-state index < -0.39 is 0 Å². The fourth-order valence-corrected chi connectivity index (χ4v) is 2.13. The van der Waals surface area contributed by atoms with Gasteiger partial charge in [-0.1, -0.05) is 23.2 Å². The van der Waals surface area contributed by atoms with Gasteiger partial charge in [0.2, 0.25) is 0 Å². The van der Waals surface area contributed by atoms with Crippen LogP contribution in [0.15, 0.2) is 24.3 Å². The number of nitrogens with one attached hydrogen (secondary N) is 1. The zero-order chi connectivity index (χ0) is 14.7. The van der Waals surface area contributed by atoms with Crippen molar-refractivity contribution < 1.29 is 9.47 Å². The van der Waals surface area contributed by atoms with Gasteiger partial charge in [0.05, 0.1) is 24.9 Å². The number of nitrogens with two attached hydrogens (primary N) is 1. The summed E-state index contributed by atoms with van der Waals surface area (Å²) in [6.07, 6.45) is 0. The lowest BCUT2D eigenvalue weighted by Crippen LogP contribution is -1.99. The molecule has 5 nitrogen and oxygen atoms in total. The fraction of sp³-hybridized carbons (Fsp3) is 0.154. The van der Waals surface area contributed by atoms with Crippen molar-refractivity contribution in [3.63, 3.8) is 0 Å². The van der Waals surface area contributed by atoms with E-state index in [0.29, 0.717) is 38.9 Å².